The van der Waals surface area contributed by atoms with Gasteiger partial charge in [0.05, 0.1) is 13.0 Å². The molecule has 0 spiro atoms. The number of rotatable bonds is 4. The van der Waals surface area contributed by atoms with Crippen molar-refractivity contribution >= 4 is 16.7 Å². The molecular formula is C22H22N2O2. The highest BCUT2D eigenvalue weighted by Crippen LogP contribution is 2.21. The normalized spacial score (nSPS) is 16.8. The van der Waals surface area contributed by atoms with Crippen LogP contribution in [0.1, 0.15) is 17.7 Å². The van der Waals surface area contributed by atoms with E-state index in [1.807, 2.05) is 54.3 Å². The fraction of sp³-hybridized carbons (Fsp3) is 0.273. The lowest BCUT2D eigenvalue weighted by atomic mass is 10.0. The van der Waals surface area contributed by atoms with E-state index in [1.165, 1.54) is 5.39 Å². The van der Waals surface area contributed by atoms with Crippen molar-refractivity contribution in [1.29, 1.82) is 0 Å². The molecule has 0 saturated carbocycles. The molecule has 4 heteroatoms. The SMILES string of the molecule is Cc1cccc(OC2CCN(C(=O)Cc3cccc4ccccc34)C2)n1. The summed E-state index contributed by atoms with van der Waals surface area (Å²) >= 11 is 0. The fourth-order valence-electron chi connectivity index (χ4n) is 3.53. The zero-order valence-electron chi connectivity index (χ0n) is 14.9. The smallest absolute Gasteiger partial charge is 0.227 e. The van der Waals surface area contributed by atoms with Crippen molar-refractivity contribution < 1.29 is 9.53 Å². The first-order valence-corrected chi connectivity index (χ1v) is 9.04. The second kappa shape index (κ2) is 7.16. The molecule has 1 aliphatic heterocycles. The molecule has 3 aromatic rings. The molecule has 2 heterocycles. The number of aromatic nitrogens is 1. The molecule has 0 bridgehead atoms. The number of pyridine rings is 1. The molecule has 1 aromatic heterocycles. The first-order valence-electron chi connectivity index (χ1n) is 9.04. The Balaban J connectivity index is 1.41. The second-order valence-electron chi connectivity index (χ2n) is 6.80. The van der Waals surface area contributed by atoms with Gasteiger partial charge in [0, 0.05) is 24.7 Å². The van der Waals surface area contributed by atoms with E-state index < -0.39 is 0 Å². The van der Waals surface area contributed by atoms with Crippen molar-refractivity contribution in [2.75, 3.05) is 13.1 Å². The van der Waals surface area contributed by atoms with E-state index in [1.54, 1.807) is 0 Å². The molecule has 0 radical (unpaired) electrons. The third kappa shape index (κ3) is 3.54. The van der Waals surface area contributed by atoms with Crippen molar-refractivity contribution in [2.45, 2.75) is 25.9 Å². The lowest BCUT2D eigenvalue weighted by Gasteiger charge is -2.17. The summed E-state index contributed by atoms with van der Waals surface area (Å²) in [7, 11) is 0. The van der Waals surface area contributed by atoms with E-state index in [-0.39, 0.29) is 12.0 Å². The molecule has 26 heavy (non-hydrogen) atoms. The highest BCUT2D eigenvalue weighted by atomic mass is 16.5. The number of carbonyl (C=O) groups is 1. The summed E-state index contributed by atoms with van der Waals surface area (Å²) in [4.78, 5) is 19.1. The Morgan fingerprint density at radius 2 is 1.92 bits per heavy atom. The number of hydrogen-bond acceptors (Lipinski definition) is 3. The van der Waals surface area contributed by atoms with Crippen LogP contribution in [0.4, 0.5) is 0 Å². The monoisotopic (exact) mass is 346 g/mol. The average Bonchev–Trinajstić information content (AvgIpc) is 3.11. The van der Waals surface area contributed by atoms with Gasteiger partial charge < -0.3 is 9.64 Å². The fourth-order valence-corrected chi connectivity index (χ4v) is 3.53. The highest BCUT2D eigenvalue weighted by molar-refractivity contribution is 5.90. The molecule has 1 amide bonds. The Morgan fingerprint density at radius 1 is 1.12 bits per heavy atom. The molecule has 4 nitrogen and oxygen atoms in total. The van der Waals surface area contributed by atoms with Crippen molar-refractivity contribution in [3.63, 3.8) is 0 Å². The maximum Gasteiger partial charge on any atom is 0.227 e. The molecule has 0 aliphatic carbocycles. The minimum absolute atomic E-state index is 0.0146. The van der Waals surface area contributed by atoms with Crippen LogP contribution in [0.2, 0.25) is 0 Å². The maximum absolute atomic E-state index is 12.8. The van der Waals surface area contributed by atoms with E-state index in [0.717, 1.165) is 29.6 Å². The number of nitrogens with zero attached hydrogens (tertiary/aromatic N) is 2. The van der Waals surface area contributed by atoms with Crippen LogP contribution >= 0.6 is 0 Å². The van der Waals surface area contributed by atoms with Crippen LogP contribution < -0.4 is 4.74 Å². The van der Waals surface area contributed by atoms with Gasteiger partial charge in [0.2, 0.25) is 11.8 Å². The van der Waals surface area contributed by atoms with Gasteiger partial charge in [-0.05, 0) is 29.3 Å². The Morgan fingerprint density at radius 3 is 2.81 bits per heavy atom. The van der Waals surface area contributed by atoms with E-state index in [2.05, 4.69) is 23.2 Å². The molecule has 0 N–H and O–H groups in total. The largest absolute Gasteiger partial charge is 0.472 e. The van der Waals surface area contributed by atoms with Gasteiger partial charge in [-0.1, -0.05) is 48.5 Å². The number of benzene rings is 2. The van der Waals surface area contributed by atoms with Gasteiger partial charge in [-0.3, -0.25) is 4.79 Å². The summed E-state index contributed by atoms with van der Waals surface area (Å²) < 4.78 is 5.95. The zero-order chi connectivity index (χ0) is 17.9. The third-order valence-electron chi connectivity index (χ3n) is 4.87. The Labute approximate surface area is 153 Å². The lowest BCUT2D eigenvalue weighted by Crippen LogP contribution is -2.32. The van der Waals surface area contributed by atoms with E-state index in [9.17, 15) is 4.79 Å². The summed E-state index contributed by atoms with van der Waals surface area (Å²) in [6, 6.07) is 20.1. The third-order valence-corrected chi connectivity index (χ3v) is 4.87. The Hall–Kier alpha value is -2.88. The molecule has 132 valence electrons. The first kappa shape index (κ1) is 16.6. The van der Waals surface area contributed by atoms with Gasteiger partial charge in [-0.2, -0.15) is 0 Å². The molecule has 4 rings (SSSR count). The molecule has 1 aliphatic rings. The number of ether oxygens (including phenoxy) is 1. The summed E-state index contributed by atoms with van der Waals surface area (Å²) in [5.41, 5.74) is 2.02. The predicted molar refractivity (Wildman–Crippen MR) is 102 cm³/mol. The van der Waals surface area contributed by atoms with Crippen LogP contribution in [0.25, 0.3) is 10.8 Å². The zero-order valence-corrected chi connectivity index (χ0v) is 14.9. The average molecular weight is 346 g/mol. The Kier molecular flexibility index (Phi) is 4.57. The quantitative estimate of drug-likeness (QED) is 0.722. The van der Waals surface area contributed by atoms with Crippen LogP contribution in [0.3, 0.4) is 0 Å². The molecule has 1 fully saturated rings. The van der Waals surface area contributed by atoms with Gasteiger partial charge in [-0.15, -0.1) is 0 Å². The van der Waals surface area contributed by atoms with Crippen molar-refractivity contribution in [1.82, 2.24) is 9.88 Å². The van der Waals surface area contributed by atoms with Crippen molar-refractivity contribution in [3.05, 3.63) is 71.9 Å². The van der Waals surface area contributed by atoms with Crippen LogP contribution in [0, 0.1) is 6.92 Å². The first-order chi connectivity index (χ1) is 12.7. The highest BCUT2D eigenvalue weighted by Gasteiger charge is 2.28. The van der Waals surface area contributed by atoms with Gasteiger partial charge in [0.1, 0.15) is 6.10 Å². The van der Waals surface area contributed by atoms with Crippen LogP contribution in [0.5, 0.6) is 5.88 Å². The van der Waals surface area contributed by atoms with Crippen molar-refractivity contribution in [3.8, 4) is 5.88 Å². The second-order valence-corrected chi connectivity index (χ2v) is 6.80. The van der Waals surface area contributed by atoms with Crippen LogP contribution in [-0.4, -0.2) is 35.0 Å². The summed E-state index contributed by atoms with van der Waals surface area (Å²) in [6.45, 7) is 3.31. The topological polar surface area (TPSA) is 42.4 Å². The number of likely N-dealkylation sites (tertiary alicyclic amines) is 1. The number of aryl methyl sites for hydroxylation is 1. The number of fused-ring (bicyclic) bond motifs is 1. The van der Waals surface area contributed by atoms with Gasteiger partial charge >= 0.3 is 0 Å². The molecule has 1 atom stereocenters. The predicted octanol–water partition coefficient (Wildman–Crippen LogP) is 3.77. The lowest BCUT2D eigenvalue weighted by molar-refractivity contribution is -0.129. The number of amides is 1. The molecule has 1 saturated heterocycles. The van der Waals surface area contributed by atoms with Crippen molar-refractivity contribution in [2.24, 2.45) is 0 Å². The number of carbonyl (C=O) groups excluding carboxylic acids is 1. The van der Waals surface area contributed by atoms with Gasteiger partial charge in [0.15, 0.2) is 0 Å². The van der Waals surface area contributed by atoms with Crippen LogP contribution in [0.15, 0.2) is 60.7 Å². The Bertz CT molecular complexity index is 933. The molecule has 1 unspecified atom stereocenters. The maximum atomic E-state index is 12.8. The van der Waals surface area contributed by atoms with E-state index in [0.29, 0.717) is 18.8 Å². The molecule has 2 aromatic carbocycles. The van der Waals surface area contributed by atoms with Crippen LogP contribution in [-0.2, 0) is 11.2 Å². The summed E-state index contributed by atoms with van der Waals surface area (Å²) in [6.07, 6.45) is 1.29. The van der Waals surface area contributed by atoms with Gasteiger partial charge in [-0.25, -0.2) is 4.98 Å². The minimum atomic E-state index is 0.0146. The van der Waals surface area contributed by atoms with E-state index in [4.69, 9.17) is 4.74 Å². The van der Waals surface area contributed by atoms with Gasteiger partial charge in [0.25, 0.3) is 0 Å². The summed E-state index contributed by atoms with van der Waals surface area (Å²) in [5.74, 6) is 0.794. The molecular weight excluding hydrogens is 324 g/mol. The summed E-state index contributed by atoms with van der Waals surface area (Å²) in [5, 5.41) is 2.32. The standard InChI is InChI=1S/C22H22N2O2/c1-16-6-4-11-21(23-16)26-19-12-13-24(15-19)22(25)14-18-9-5-8-17-7-2-3-10-20(17)18/h2-11,19H,12-15H2,1H3. The van der Waals surface area contributed by atoms with E-state index >= 15 is 0 Å². The number of hydrogen-bond donors (Lipinski definition) is 0. The minimum Gasteiger partial charge on any atom is -0.472 e.